The van der Waals surface area contributed by atoms with Gasteiger partial charge in [-0.15, -0.1) is 4.40 Å². The van der Waals surface area contributed by atoms with E-state index in [1.54, 1.807) is 18.2 Å². The van der Waals surface area contributed by atoms with Crippen LogP contribution in [0.15, 0.2) is 70.0 Å². The van der Waals surface area contributed by atoms with E-state index in [0.29, 0.717) is 0 Å². The van der Waals surface area contributed by atoms with Crippen LogP contribution in [-0.4, -0.2) is 20.3 Å². The van der Waals surface area contributed by atoms with Gasteiger partial charge in [0.1, 0.15) is 0 Å². The predicted octanol–water partition coefficient (Wildman–Crippen LogP) is 1.83. The molecule has 2 rings (SSSR count). The second-order valence-electron chi connectivity index (χ2n) is 5.00. The lowest BCUT2D eigenvalue weighted by atomic mass is 10.2. The molecular formula is C17H17N3O3S. The van der Waals surface area contributed by atoms with Gasteiger partial charge in [0.15, 0.2) is 0 Å². The third-order valence-electron chi connectivity index (χ3n) is 3.02. The van der Waals surface area contributed by atoms with Crippen molar-refractivity contribution in [2.45, 2.75) is 11.8 Å². The highest BCUT2D eigenvalue weighted by molar-refractivity contribution is 7.90. The fourth-order valence-corrected chi connectivity index (χ4v) is 2.71. The maximum Gasteiger partial charge on any atom is 0.285 e. The van der Waals surface area contributed by atoms with Gasteiger partial charge in [-0.1, -0.05) is 48.0 Å². The van der Waals surface area contributed by atoms with Crippen LogP contribution in [-0.2, 0) is 14.8 Å². The molecule has 0 aliphatic rings. The van der Waals surface area contributed by atoms with Crippen LogP contribution in [0.2, 0.25) is 0 Å². The molecule has 0 unspecified atom stereocenters. The van der Waals surface area contributed by atoms with Gasteiger partial charge in [0.25, 0.3) is 15.9 Å². The van der Waals surface area contributed by atoms with Gasteiger partial charge in [-0.2, -0.15) is 8.42 Å². The molecule has 0 saturated carbocycles. The Balaban J connectivity index is 2.06. The highest BCUT2D eigenvalue weighted by atomic mass is 32.2. The van der Waals surface area contributed by atoms with E-state index in [0.717, 1.165) is 11.1 Å². The minimum absolute atomic E-state index is 0.00475. The number of nitrogens with two attached hydrogens (primary N) is 1. The number of hydrogen-bond acceptors (Lipinski definition) is 3. The molecule has 0 aliphatic carbocycles. The molecule has 6 nitrogen and oxygen atoms in total. The van der Waals surface area contributed by atoms with Gasteiger partial charge in [0, 0.05) is 6.08 Å². The van der Waals surface area contributed by atoms with Crippen molar-refractivity contribution in [3.63, 3.8) is 0 Å². The highest BCUT2D eigenvalue weighted by Crippen LogP contribution is 2.12. The van der Waals surface area contributed by atoms with E-state index < -0.39 is 21.9 Å². The summed E-state index contributed by atoms with van der Waals surface area (Å²) in [6.07, 6.45) is 2.83. The molecule has 0 saturated heterocycles. The Bertz CT molecular complexity index is 871. The molecule has 0 radical (unpaired) electrons. The molecule has 124 valence electrons. The third kappa shape index (κ3) is 5.06. The van der Waals surface area contributed by atoms with Crippen molar-refractivity contribution in [2.75, 3.05) is 0 Å². The number of carbonyl (C=O) groups excluding carboxylic acids is 1. The zero-order chi connectivity index (χ0) is 17.6. The summed E-state index contributed by atoms with van der Waals surface area (Å²) in [5.74, 6) is -1.06. The number of rotatable bonds is 4. The van der Waals surface area contributed by atoms with E-state index >= 15 is 0 Å². The summed E-state index contributed by atoms with van der Waals surface area (Å²) in [7, 11) is -3.96. The highest BCUT2D eigenvalue weighted by Gasteiger charge is 2.13. The van der Waals surface area contributed by atoms with Crippen LogP contribution in [0.1, 0.15) is 11.1 Å². The predicted molar refractivity (Wildman–Crippen MR) is 93.6 cm³/mol. The Kier molecular flexibility index (Phi) is 5.49. The zero-order valence-electron chi connectivity index (χ0n) is 13.0. The average molecular weight is 343 g/mol. The topological polar surface area (TPSA) is 102 Å². The standard InChI is InChI=1S/C17H17N3O3S/c1-13-7-10-15(11-8-13)24(22,23)20-17(18)19-16(21)12-9-14-5-3-2-4-6-14/h2-12H,1H3,(H3,18,19,20,21)/b12-9+. The normalized spacial score (nSPS) is 12.3. The van der Waals surface area contributed by atoms with Crippen LogP contribution >= 0.6 is 0 Å². The number of aryl methyl sites for hydroxylation is 1. The first-order chi connectivity index (χ1) is 11.4. The van der Waals surface area contributed by atoms with Crippen LogP contribution in [0.4, 0.5) is 0 Å². The molecular weight excluding hydrogens is 326 g/mol. The molecule has 2 aromatic carbocycles. The first-order valence-electron chi connectivity index (χ1n) is 7.08. The smallest absolute Gasteiger partial charge is 0.285 e. The molecule has 24 heavy (non-hydrogen) atoms. The van der Waals surface area contributed by atoms with Crippen LogP contribution < -0.4 is 11.1 Å². The van der Waals surface area contributed by atoms with Gasteiger partial charge in [-0.05, 0) is 30.7 Å². The number of nitrogens with one attached hydrogen (secondary N) is 1. The second kappa shape index (κ2) is 7.56. The summed E-state index contributed by atoms with van der Waals surface area (Å²) >= 11 is 0. The van der Waals surface area contributed by atoms with Crippen molar-refractivity contribution >= 4 is 28.0 Å². The molecule has 0 spiro atoms. The minimum atomic E-state index is -3.96. The van der Waals surface area contributed by atoms with E-state index in [2.05, 4.69) is 9.71 Å². The minimum Gasteiger partial charge on any atom is -0.369 e. The first-order valence-corrected chi connectivity index (χ1v) is 8.52. The maximum absolute atomic E-state index is 12.1. The zero-order valence-corrected chi connectivity index (χ0v) is 13.8. The molecule has 0 heterocycles. The molecule has 7 heteroatoms. The van der Waals surface area contributed by atoms with Crippen molar-refractivity contribution < 1.29 is 13.2 Å². The van der Waals surface area contributed by atoms with Gasteiger partial charge in [-0.25, -0.2) is 0 Å². The van der Waals surface area contributed by atoms with Gasteiger partial charge >= 0.3 is 0 Å². The second-order valence-corrected chi connectivity index (χ2v) is 6.60. The van der Waals surface area contributed by atoms with Crippen LogP contribution in [0, 0.1) is 6.92 Å². The molecule has 1 amide bonds. The van der Waals surface area contributed by atoms with Crippen molar-refractivity contribution in [1.29, 1.82) is 0 Å². The summed E-state index contributed by atoms with van der Waals surface area (Å²) in [5.41, 5.74) is 7.25. The van der Waals surface area contributed by atoms with E-state index in [9.17, 15) is 13.2 Å². The van der Waals surface area contributed by atoms with Crippen molar-refractivity contribution in [1.82, 2.24) is 5.32 Å². The summed E-state index contributed by atoms with van der Waals surface area (Å²) in [6.45, 7) is 1.84. The lowest BCUT2D eigenvalue weighted by Crippen LogP contribution is -2.36. The largest absolute Gasteiger partial charge is 0.369 e. The Morgan fingerprint density at radius 2 is 1.71 bits per heavy atom. The molecule has 0 aliphatic heterocycles. The number of hydrogen-bond donors (Lipinski definition) is 2. The Morgan fingerprint density at radius 3 is 2.33 bits per heavy atom. The lowest BCUT2D eigenvalue weighted by molar-refractivity contribution is -0.115. The van der Waals surface area contributed by atoms with Gasteiger partial charge in [-0.3, -0.25) is 10.1 Å². The monoisotopic (exact) mass is 343 g/mol. The van der Waals surface area contributed by atoms with Crippen LogP contribution in [0.3, 0.4) is 0 Å². The summed E-state index contributed by atoms with van der Waals surface area (Å²) < 4.78 is 27.6. The SMILES string of the molecule is Cc1ccc(S(=O)(=O)/N=C(\N)NC(=O)/C=C/c2ccccc2)cc1. The maximum atomic E-state index is 12.1. The number of amides is 1. The van der Waals surface area contributed by atoms with Crippen molar-refractivity contribution in [3.8, 4) is 0 Å². The van der Waals surface area contributed by atoms with E-state index in [1.807, 2.05) is 37.3 Å². The van der Waals surface area contributed by atoms with Crippen molar-refractivity contribution in [2.24, 2.45) is 10.1 Å². The number of nitrogens with zero attached hydrogens (tertiary/aromatic N) is 1. The van der Waals surface area contributed by atoms with Gasteiger partial charge in [0.05, 0.1) is 4.90 Å². The van der Waals surface area contributed by atoms with E-state index in [1.165, 1.54) is 18.2 Å². The number of carbonyl (C=O) groups is 1. The van der Waals surface area contributed by atoms with Crippen molar-refractivity contribution in [3.05, 3.63) is 71.8 Å². The molecule has 0 bridgehead atoms. The Morgan fingerprint density at radius 1 is 1.08 bits per heavy atom. The molecule has 2 aromatic rings. The lowest BCUT2D eigenvalue weighted by Gasteiger charge is -2.03. The fourth-order valence-electron chi connectivity index (χ4n) is 1.82. The molecule has 0 fully saturated rings. The fraction of sp³-hybridized carbons (Fsp3) is 0.0588. The third-order valence-corrected chi connectivity index (χ3v) is 4.32. The number of benzene rings is 2. The van der Waals surface area contributed by atoms with Gasteiger partial charge < -0.3 is 5.73 Å². The Labute approximate surface area is 140 Å². The number of sulfonamides is 1. The summed E-state index contributed by atoms with van der Waals surface area (Å²) in [4.78, 5) is 11.7. The first kappa shape index (κ1) is 17.4. The molecule has 0 atom stereocenters. The average Bonchev–Trinajstić information content (AvgIpc) is 2.53. The van der Waals surface area contributed by atoms with E-state index in [4.69, 9.17) is 5.73 Å². The number of guanidine groups is 1. The summed E-state index contributed by atoms with van der Waals surface area (Å²) in [5, 5.41) is 2.21. The van der Waals surface area contributed by atoms with Crippen LogP contribution in [0.25, 0.3) is 6.08 Å². The van der Waals surface area contributed by atoms with Crippen LogP contribution in [0.5, 0.6) is 0 Å². The Hall–Kier alpha value is -2.93. The van der Waals surface area contributed by atoms with Gasteiger partial charge in [0.2, 0.25) is 5.96 Å². The quantitative estimate of drug-likeness (QED) is 0.502. The summed E-state index contributed by atoms with van der Waals surface area (Å²) in [6, 6.07) is 15.3. The molecule has 0 aromatic heterocycles. The van der Waals surface area contributed by atoms with E-state index in [-0.39, 0.29) is 4.90 Å². The molecule has 3 N–H and O–H groups in total.